The van der Waals surface area contributed by atoms with Gasteiger partial charge in [-0.1, -0.05) is 243 Å². The summed E-state index contributed by atoms with van der Waals surface area (Å²) in [4.78, 5) is 37.4. The first-order valence-corrected chi connectivity index (χ1v) is 26.6. The van der Waals surface area contributed by atoms with Crippen LogP contribution in [-0.2, 0) is 28.6 Å². The Labute approximate surface area is 384 Å². The number of carbonyl (C=O) groups excluding carboxylic acids is 3. The summed E-state index contributed by atoms with van der Waals surface area (Å²) in [6.45, 7) is 6.42. The first-order chi connectivity index (χ1) is 30.5. The molecule has 0 amide bonds. The van der Waals surface area contributed by atoms with Crippen molar-refractivity contribution in [2.24, 2.45) is 0 Å². The Morgan fingerprint density at radius 1 is 0.339 bits per heavy atom. The molecule has 0 saturated carbocycles. The van der Waals surface area contributed by atoms with Gasteiger partial charge in [-0.25, -0.2) is 0 Å². The van der Waals surface area contributed by atoms with E-state index in [1.165, 1.54) is 141 Å². The van der Waals surface area contributed by atoms with Crippen molar-refractivity contribution in [1.82, 2.24) is 0 Å². The summed E-state index contributed by atoms with van der Waals surface area (Å²) in [5.41, 5.74) is 0. The lowest BCUT2D eigenvalue weighted by atomic mass is 10.0. The molecule has 0 aliphatic rings. The van der Waals surface area contributed by atoms with E-state index in [2.05, 4.69) is 69.4 Å². The van der Waals surface area contributed by atoms with E-state index >= 15 is 0 Å². The standard InChI is InChI=1S/C56H100O6/c1-4-7-10-13-15-17-18-19-20-21-22-23-24-25-26-27-28-29-30-31-32-33-34-35-36-37-38-39-41-43-46-49-55(58)61-52-53(51-60-54(57)48-45-42-12-9-6-3)62-56(59)50-47-44-40-16-14-11-8-5-2/h7,10,15,17,19-20,22-23,53H,4-6,8-9,11-14,16,18,21,24-52H2,1-3H3/b10-7-,17-15-,20-19-,23-22-. The van der Waals surface area contributed by atoms with Crippen molar-refractivity contribution in [2.45, 2.75) is 277 Å². The van der Waals surface area contributed by atoms with Gasteiger partial charge in [0, 0.05) is 19.3 Å². The molecule has 0 heterocycles. The van der Waals surface area contributed by atoms with Crippen molar-refractivity contribution >= 4 is 17.9 Å². The van der Waals surface area contributed by atoms with Crippen LogP contribution in [-0.4, -0.2) is 37.2 Å². The van der Waals surface area contributed by atoms with Gasteiger partial charge in [0.25, 0.3) is 0 Å². The van der Waals surface area contributed by atoms with Gasteiger partial charge < -0.3 is 14.2 Å². The zero-order valence-electron chi connectivity index (χ0n) is 41.1. The number of esters is 3. The lowest BCUT2D eigenvalue weighted by Gasteiger charge is -2.18. The molecule has 0 N–H and O–H groups in total. The molecule has 6 heteroatoms. The highest BCUT2D eigenvalue weighted by molar-refractivity contribution is 5.71. The summed E-state index contributed by atoms with van der Waals surface area (Å²) in [6.07, 6.45) is 61.8. The van der Waals surface area contributed by atoms with Crippen molar-refractivity contribution in [3.05, 3.63) is 48.6 Å². The number of hydrogen-bond acceptors (Lipinski definition) is 6. The molecule has 1 unspecified atom stereocenters. The van der Waals surface area contributed by atoms with Crippen LogP contribution in [0.5, 0.6) is 0 Å². The molecule has 0 radical (unpaired) electrons. The van der Waals surface area contributed by atoms with E-state index in [0.717, 1.165) is 89.9 Å². The van der Waals surface area contributed by atoms with Crippen molar-refractivity contribution < 1.29 is 28.6 Å². The van der Waals surface area contributed by atoms with E-state index in [9.17, 15) is 14.4 Å². The van der Waals surface area contributed by atoms with Crippen molar-refractivity contribution in [3.8, 4) is 0 Å². The molecule has 1 atom stereocenters. The first kappa shape index (κ1) is 59.4. The summed E-state index contributed by atoms with van der Waals surface area (Å²) in [5, 5.41) is 0. The lowest BCUT2D eigenvalue weighted by Crippen LogP contribution is -2.30. The van der Waals surface area contributed by atoms with E-state index < -0.39 is 6.10 Å². The fourth-order valence-corrected chi connectivity index (χ4v) is 7.61. The third-order valence-electron chi connectivity index (χ3n) is 11.6. The normalized spacial score (nSPS) is 12.4. The zero-order valence-corrected chi connectivity index (χ0v) is 41.1. The predicted octanol–water partition coefficient (Wildman–Crippen LogP) is 17.5. The molecule has 0 aliphatic heterocycles. The van der Waals surface area contributed by atoms with Gasteiger partial charge in [0.15, 0.2) is 6.10 Å². The second-order valence-corrected chi connectivity index (χ2v) is 17.8. The Kier molecular flexibility index (Phi) is 48.8. The quantitative estimate of drug-likeness (QED) is 0.0262. The number of unbranched alkanes of at least 4 members (excludes halogenated alkanes) is 29. The van der Waals surface area contributed by atoms with Gasteiger partial charge in [-0.15, -0.1) is 0 Å². The van der Waals surface area contributed by atoms with E-state index in [-0.39, 0.29) is 31.1 Å². The van der Waals surface area contributed by atoms with Gasteiger partial charge in [0.2, 0.25) is 0 Å². The first-order valence-electron chi connectivity index (χ1n) is 26.6. The second-order valence-electron chi connectivity index (χ2n) is 17.8. The van der Waals surface area contributed by atoms with Crippen LogP contribution in [0.15, 0.2) is 48.6 Å². The van der Waals surface area contributed by atoms with Gasteiger partial charge in [-0.3, -0.25) is 14.4 Å². The summed E-state index contributed by atoms with van der Waals surface area (Å²) in [5.74, 6) is -0.880. The molecule has 6 nitrogen and oxygen atoms in total. The van der Waals surface area contributed by atoms with E-state index in [1.807, 2.05) is 0 Å². The van der Waals surface area contributed by atoms with Gasteiger partial charge in [-0.05, 0) is 57.8 Å². The number of ether oxygens (including phenoxy) is 3. The van der Waals surface area contributed by atoms with E-state index in [0.29, 0.717) is 19.3 Å². The van der Waals surface area contributed by atoms with Gasteiger partial charge >= 0.3 is 17.9 Å². The summed E-state index contributed by atoms with van der Waals surface area (Å²) in [7, 11) is 0. The van der Waals surface area contributed by atoms with Crippen LogP contribution in [0.3, 0.4) is 0 Å². The fraction of sp³-hybridized carbons (Fsp3) is 0.804. The maximum atomic E-state index is 12.6. The molecule has 0 aromatic heterocycles. The molecule has 62 heavy (non-hydrogen) atoms. The highest BCUT2D eigenvalue weighted by Crippen LogP contribution is 2.16. The fourth-order valence-electron chi connectivity index (χ4n) is 7.61. The molecule has 0 aromatic carbocycles. The zero-order chi connectivity index (χ0) is 45.1. The van der Waals surface area contributed by atoms with Crippen LogP contribution in [0.4, 0.5) is 0 Å². The van der Waals surface area contributed by atoms with E-state index in [4.69, 9.17) is 14.2 Å². The maximum Gasteiger partial charge on any atom is 0.306 e. The van der Waals surface area contributed by atoms with Crippen molar-refractivity contribution in [1.29, 1.82) is 0 Å². The molecule has 0 saturated heterocycles. The molecule has 0 aliphatic carbocycles. The average molecular weight is 869 g/mol. The van der Waals surface area contributed by atoms with Crippen LogP contribution in [0.2, 0.25) is 0 Å². The van der Waals surface area contributed by atoms with Crippen molar-refractivity contribution in [2.75, 3.05) is 13.2 Å². The molecule has 0 aromatic rings. The molecule has 0 bridgehead atoms. The summed E-state index contributed by atoms with van der Waals surface area (Å²) >= 11 is 0. The Morgan fingerprint density at radius 3 is 0.984 bits per heavy atom. The van der Waals surface area contributed by atoms with Crippen LogP contribution >= 0.6 is 0 Å². The Balaban J connectivity index is 3.84. The molecule has 0 rings (SSSR count). The maximum absolute atomic E-state index is 12.6. The molecule has 360 valence electrons. The Bertz CT molecular complexity index is 1090. The minimum atomic E-state index is -0.761. The van der Waals surface area contributed by atoms with Crippen LogP contribution < -0.4 is 0 Å². The van der Waals surface area contributed by atoms with Gasteiger partial charge in [-0.2, -0.15) is 0 Å². The Hall–Kier alpha value is -2.63. The smallest absolute Gasteiger partial charge is 0.306 e. The average Bonchev–Trinajstić information content (AvgIpc) is 3.27. The largest absolute Gasteiger partial charge is 0.462 e. The summed E-state index contributed by atoms with van der Waals surface area (Å²) < 4.78 is 16.6. The van der Waals surface area contributed by atoms with E-state index in [1.54, 1.807) is 0 Å². The van der Waals surface area contributed by atoms with Crippen molar-refractivity contribution in [3.63, 3.8) is 0 Å². The predicted molar refractivity (Wildman–Crippen MR) is 265 cm³/mol. The van der Waals surface area contributed by atoms with Crippen LogP contribution in [0, 0.1) is 0 Å². The number of allylic oxidation sites excluding steroid dienone is 8. The number of carbonyl (C=O) groups is 3. The monoisotopic (exact) mass is 869 g/mol. The topological polar surface area (TPSA) is 78.9 Å². The molecule has 0 fully saturated rings. The number of rotatable bonds is 48. The third-order valence-corrected chi connectivity index (χ3v) is 11.6. The third kappa shape index (κ3) is 48.4. The number of hydrogen-bond donors (Lipinski definition) is 0. The lowest BCUT2D eigenvalue weighted by molar-refractivity contribution is -0.167. The molecular weight excluding hydrogens is 769 g/mol. The van der Waals surface area contributed by atoms with Crippen LogP contribution in [0.25, 0.3) is 0 Å². The second kappa shape index (κ2) is 51.0. The van der Waals surface area contributed by atoms with Crippen LogP contribution in [0.1, 0.15) is 271 Å². The minimum Gasteiger partial charge on any atom is -0.462 e. The van der Waals surface area contributed by atoms with Gasteiger partial charge in [0.1, 0.15) is 13.2 Å². The Morgan fingerprint density at radius 2 is 0.629 bits per heavy atom. The highest BCUT2D eigenvalue weighted by Gasteiger charge is 2.19. The highest BCUT2D eigenvalue weighted by atomic mass is 16.6. The SMILES string of the molecule is CC/C=C\C/C=C\C/C=C\C/C=C\CCCCCCCCCCCCCCCCCCCCC(=O)OCC(COC(=O)CCCCCCC)OC(=O)CCCCCCCCCC. The minimum absolute atomic E-state index is 0.0691. The summed E-state index contributed by atoms with van der Waals surface area (Å²) in [6, 6.07) is 0. The van der Waals surface area contributed by atoms with Gasteiger partial charge in [0.05, 0.1) is 0 Å². The molecular formula is C56H100O6. The molecule has 0 spiro atoms.